The third-order valence-corrected chi connectivity index (χ3v) is 4.24. The number of carbonyl (C=O) groups is 2. The topological polar surface area (TPSA) is 67.9 Å². The zero-order valence-electron chi connectivity index (χ0n) is 16.0. The number of carbonyl (C=O) groups excluding carboxylic acids is 2. The van der Waals surface area contributed by atoms with Crippen LogP contribution < -0.4 is 14.8 Å². The lowest BCUT2D eigenvalue weighted by molar-refractivity contribution is -0.130. The van der Waals surface area contributed by atoms with Crippen molar-refractivity contribution in [3.05, 3.63) is 59.7 Å². The lowest BCUT2D eigenvalue weighted by Crippen LogP contribution is -2.33. The quantitative estimate of drug-likeness (QED) is 0.737. The summed E-state index contributed by atoms with van der Waals surface area (Å²) in [5.74, 6) is 1.40. The molecule has 0 aliphatic rings. The van der Waals surface area contributed by atoms with E-state index in [1.807, 2.05) is 48.5 Å². The van der Waals surface area contributed by atoms with Gasteiger partial charge in [-0.1, -0.05) is 24.3 Å². The van der Waals surface area contributed by atoms with E-state index < -0.39 is 0 Å². The van der Waals surface area contributed by atoms with Crippen molar-refractivity contribution < 1.29 is 19.1 Å². The monoisotopic (exact) mass is 370 g/mol. The molecule has 0 fully saturated rings. The molecule has 144 valence electrons. The number of ether oxygens (including phenoxy) is 2. The molecule has 0 aromatic heterocycles. The predicted octanol–water partition coefficient (Wildman–Crippen LogP) is 2.76. The molecule has 0 spiro atoms. The summed E-state index contributed by atoms with van der Waals surface area (Å²) in [6.07, 6.45) is 0.256. The van der Waals surface area contributed by atoms with Gasteiger partial charge in [0.2, 0.25) is 11.8 Å². The van der Waals surface area contributed by atoms with Crippen molar-refractivity contribution in [3.8, 4) is 11.5 Å². The zero-order valence-corrected chi connectivity index (χ0v) is 16.0. The van der Waals surface area contributed by atoms with Gasteiger partial charge in [-0.05, 0) is 35.4 Å². The number of nitrogens with one attached hydrogen (secondary N) is 1. The molecule has 6 nitrogen and oxygen atoms in total. The van der Waals surface area contributed by atoms with Gasteiger partial charge >= 0.3 is 0 Å². The summed E-state index contributed by atoms with van der Waals surface area (Å²) in [5, 5.41) is 2.88. The summed E-state index contributed by atoms with van der Waals surface area (Å²) in [6.45, 7) is 2.79. The maximum absolute atomic E-state index is 12.1. The summed E-state index contributed by atoms with van der Waals surface area (Å²) in [5.41, 5.74) is 1.98. The van der Waals surface area contributed by atoms with Gasteiger partial charge in [-0.25, -0.2) is 0 Å². The van der Waals surface area contributed by atoms with Crippen LogP contribution >= 0.6 is 0 Å². The van der Waals surface area contributed by atoms with Crippen LogP contribution in [-0.4, -0.2) is 37.5 Å². The van der Waals surface area contributed by atoms with Crippen LogP contribution in [0.15, 0.2) is 48.5 Å². The molecular weight excluding hydrogens is 344 g/mol. The van der Waals surface area contributed by atoms with Crippen LogP contribution in [-0.2, 0) is 22.7 Å². The molecule has 0 saturated heterocycles. The molecule has 27 heavy (non-hydrogen) atoms. The standard InChI is InChI=1S/C21H26N2O4/c1-16(24)23(15-18-6-10-20(27-3)11-7-18)13-12-21(25)22-14-17-4-8-19(26-2)9-5-17/h4-11H,12-15H2,1-3H3,(H,22,25). The number of hydrogen-bond acceptors (Lipinski definition) is 4. The molecule has 2 rings (SSSR count). The minimum Gasteiger partial charge on any atom is -0.497 e. The van der Waals surface area contributed by atoms with E-state index in [2.05, 4.69) is 5.32 Å². The molecular formula is C21H26N2O4. The summed E-state index contributed by atoms with van der Waals surface area (Å²) >= 11 is 0. The molecule has 0 radical (unpaired) electrons. The van der Waals surface area contributed by atoms with Gasteiger partial charge in [0.05, 0.1) is 14.2 Å². The molecule has 0 aliphatic carbocycles. The Bertz CT molecular complexity index is 742. The Morgan fingerprint density at radius 1 is 0.889 bits per heavy atom. The second kappa shape index (κ2) is 10.2. The maximum Gasteiger partial charge on any atom is 0.222 e. The lowest BCUT2D eigenvalue weighted by atomic mass is 10.2. The van der Waals surface area contributed by atoms with Crippen LogP contribution in [0.4, 0.5) is 0 Å². The summed E-state index contributed by atoms with van der Waals surface area (Å²) in [7, 11) is 3.23. The summed E-state index contributed by atoms with van der Waals surface area (Å²) < 4.78 is 10.2. The Morgan fingerprint density at radius 2 is 1.41 bits per heavy atom. The van der Waals surface area contributed by atoms with Crippen molar-refractivity contribution in [2.45, 2.75) is 26.4 Å². The molecule has 1 N–H and O–H groups in total. The Morgan fingerprint density at radius 3 is 1.89 bits per heavy atom. The van der Waals surface area contributed by atoms with Crippen LogP contribution in [0.5, 0.6) is 11.5 Å². The van der Waals surface area contributed by atoms with Crippen molar-refractivity contribution in [1.29, 1.82) is 0 Å². The van der Waals surface area contributed by atoms with E-state index in [-0.39, 0.29) is 18.2 Å². The third-order valence-electron chi connectivity index (χ3n) is 4.24. The second-order valence-corrected chi connectivity index (χ2v) is 6.16. The Hall–Kier alpha value is -3.02. The Balaban J connectivity index is 1.81. The first-order valence-corrected chi connectivity index (χ1v) is 8.80. The normalized spacial score (nSPS) is 10.2. The molecule has 0 saturated carbocycles. The minimum atomic E-state index is -0.0909. The van der Waals surface area contributed by atoms with Gasteiger partial charge in [-0.15, -0.1) is 0 Å². The highest BCUT2D eigenvalue weighted by molar-refractivity contribution is 5.78. The van der Waals surface area contributed by atoms with Gasteiger partial charge < -0.3 is 19.7 Å². The van der Waals surface area contributed by atoms with E-state index >= 15 is 0 Å². The first-order valence-electron chi connectivity index (χ1n) is 8.80. The van der Waals surface area contributed by atoms with Gasteiger partial charge in [0.25, 0.3) is 0 Å². The fraction of sp³-hybridized carbons (Fsp3) is 0.333. The highest BCUT2D eigenvalue weighted by Crippen LogP contribution is 2.14. The van der Waals surface area contributed by atoms with Crippen LogP contribution in [0.2, 0.25) is 0 Å². The van der Waals surface area contributed by atoms with Crippen LogP contribution in [0, 0.1) is 0 Å². The van der Waals surface area contributed by atoms with Gasteiger partial charge in [0, 0.05) is 33.0 Å². The molecule has 0 atom stereocenters. The molecule has 0 aliphatic heterocycles. The molecule has 0 bridgehead atoms. The number of nitrogens with zero attached hydrogens (tertiary/aromatic N) is 1. The van der Waals surface area contributed by atoms with Crippen molar-refractivity contribution in [3.63, 3.8) is 0 Å². The summed E-state index contributed by atoms with van der Waals surface area (Å²) in [4.78, 5) is 25.7. The van der Waals surface area contributed by atoms with E-state index in [9.17, 15) is 9.59 Å². The molecule has 2 aromatic carbocycles. The Labute approximate surface area is 160 Å². The van der Waals surface area contributed by atoms with Crippen molar-refractivity contribution in [1.82, 2.24) is 10.2 Å². The van der Waals surface area contributed by atoms with Gasteiger partial charge in [0.15, 0.2) is 0 Å². The van der Waals surface area contributed by atoms with E-state index in [4.69, 9.17) is 9.47 Å². The molecule has 0 unspecified atom stereocenters. The SMILES string of the molecule is COc1ccc(CNC(=O)CCN(Cc2ccc(OC)cc2)C(C)=O)cc1. The highest BCUT2D eigenvalue weighted by atomic mass is 16.5. The number of hydrogen-bond donors (Lipinski definition) is 1. The number of benzene rings is 2. The predicted molar refractivity (Wildman–Crippen MR) is 104 cm³/mol. The van der Waals surface area contributed by atoms with E-state index in [1.54, 1.807) is 19.1 Å². The third kappa shape index (κ3) is 6.66. The highest BCUT2D eigenvalue weighted by Gasteiger charge is 2.12. The van der Waals surface area contributed by atoms with Crippen LogP contribution in [0.1, 0.15) is 24.5 Å². The van der Waals surface area contributed by atoms with Crippen molar-refractivity contribution >= 4 is 11.8 Å². The molecule has 0 heterocycles. The van der Waals surface area contributed by atoms with Gasteiger partial charge in [-0.3, -0.25) is 9.59 Å². The first kappa shape index (κ1) is 20.3. The molecule has 2 amide bonds. The zero-order chi connectivity index (χ0) is 19.6. The largest absolute Gasteiger partial charge is 0.497 e. The van der Waals surface area contributed by atoms with E-state index in [0.29, 0.717) is 19.6 Å². The van der Waals surface area contributed by atoms with Crippen LogP contribution in [0.25, 0.3) is 0 Å². The number of methoxy groups -OCH3 is 2. The average molecular weight is 370 g/mol. The van der Waals surface area contributed by atoms with Gasteiger partial charge in [0.1, 0.15) is 11.5 Å². The first-order chi connectivity index (χ1) is 13.0. The molecule has 2 aromatic rings. The van der Waals surface area contributed by atoms with E-state index in [0.717, 1.165) is 22.6 Å². The van der Waals surface area contributed by atoms with E-state index in [1.165, 1.54) is 6.92 Å². The number of amides is 2. The van der Waals surface area contributed by atoms with Gasteiger partial charge in [-0.2, -0.15) is 0 Å². The average Bonchev–Trinajstić information content (AvgIpc) is 2.70. The maximum atomic E-state index is 12.1. The second-order valence-electron chi connectivity index (χ2n) is 6.16. The fourth-order valence-corrected chi connectivity index (χ4v) is 2.57. The van der Waals surface area contributed by atoms with Crippen molar-refractivity contribution in [2.24, 2.45) is 0 Å². The van der Waals surface area contributed by atoms with Crippen molar-refractivity contribution in [2.75, 3.05) is 20.8 Å². The number of rotatable bonds is 9. The minimum absolute atomic E-state index is 0.0613. The summed E-state index contributed by atoms with van der Waals surface area (Å²) in [6, 6.07) is 15.1. The smallest absolute Gasteiger partial charge is 0.222 e. The molecule has 6 heteroatoms. The Kier molecular flexibility index (Phi) is 7.67. The fourth-order valence-electron chi connectivity index (χ4n) is 2.57. The van der Waals surface area contributed by atoms with Crippen LogP contribution in [0.3, 0.4) is 0 Å². The lowest BCUT2D eigenvalue weighted by Gasteiger charge is -2.21.